The SMILES string of the molecule is COc1ccc(-c2nc3ccc(Br)cn3c2NC(C)(C)C)cc1OC. The number of methoxy groups -OCH3 is 2. The van der Waals surface area contributed by atoms with Crippen LogP contribution in [0.5, 0.6) is 11.5 Å². The predicted molar refractivity (Wildman–Crippen MR) is 105 cm³/mol. The van der Waals surface area contributed by atoms with Crippen LogP contribution in [0.15, 0.2) is 41.0 Å². The molecule has 3 aromatic rings. The summed E-state index contributed by atoms with van der Waals surface area (Å²) in [6.07, 6.45) is 2.01. The van der Waals surface area contributed by atoms with Crippen LogP contribution in [0, 0.1) is 0 Å². The lowest BCUT2D eigenvalue weighted by Crippen LogP contribution is -2.27. The van der Waals surface area contributed by atoms with E-state index < -0.39 is 0 Å². The van der Waals surface area contributed by atoms with Crippen LogP contribution in [0.3, 0.4) is 0 Å². The fourth-order valence-corrected chi connectivity index (χ4v) is 3.02. The lowest BCUT2D eigenvalue weighted by molar-refractivity contribution is 0.355. The molecule has 0 amide bonds. The molecule has 0 bridgehead atoms. The van der Waals surface area contributed by atoms with Crippen molar-refractivity contribution in [2.45, 2.75) is 26.3 Å². The van der Waals surface area contributed by atoms with Gasteiger partial charge in [0.1, 0.15) is 17.2 Å². The number of pyridine rings is 1. The third-order valence-corrected chi connectivity index (χ3v) is 4.20. The van der Waals surface area contributed by atoms with Gasteiger partial charge in [0.05, 0.1) is 14.2 Å². The van der Waals surface area contributed by atoms with Gasteiger partial charge in [0.15, 0.2) is 11.5 Å². The van der Waals surface area contributed by atoms with Crippen LogP contribution in [0.4, 0.5) is 5.82 Å². The van der Waals surface area contributed by atoms with Crippen LogP contribution in [0.2, 0.25) is 0 Å². The summed E-state index contributed by atoms with van der Waals surface area (Å²) >= 11 is 3.54. The minimum Gasteiger partial charge on any atom is -0.493 e. The van der Waals surface area contributed by atoms with Crippen molar-refractivity contribution in [2.75, 3.05) is 19.5 Å². The summed E-state index contributed by atoms with van der Waals surface area (Å²) in [5.41, 5.74) is 2.60. The second-order valence-corrected chi connectivity index (χ2v) is 7.74. The summed E-state index contributed by atoms with van der Waals surface area (Å²) in [6.45, 7) is 6.38. The van der Waals surface area contributed by atoms with Gasteiger partial charge in [-0.1, -0.05) is 0 Å². The standard InChI is InChI=1S/C19H22BrN3O2/c1-19(2,3)22-18-17(21-16-9-7-13(20)11-23(16)18)12-6-8-14(24-4)15(10-12)25-5/h6-11,22H,1-5H3. The van der Waals surface area contributed by atoms with E-state index in [0.29, 0.717) is 11.5 Å². The smallest absolute Gasteiger partial charge is 0.161 e. The molecule has 5 nitrogen and oxygen atoms in total. The Hall–Kier alpha value is -2.21. The molecule has 2 aromatic heterocycles. The number of ether oxygens (including phenoxy) is 2. The number of halogens is 1. The maximum Gasteiger partial charge on any atom is 0.161 e. The van der Waals surface area contributed by atoms with Gasteiger partial charge >= 0.3 is 0 Å². The number of aromatic nitrogens is 2. The lowest BCUT2D eigenvalue weighted by Gasteiger charge is -2.22. The molecule has 2 heterocycles. The van der Waals surface area contributed by atoms with Crippen LogP contribution in [0.25, 0.3) is 16.9 Å². The van der Waals surface area contributed by atoms with E-state index >= 15 is 0 Å². The van der Waals surface area contributed by atoms with Crippen molar-refractivity contribution in [1.82, 2.24) is 9.38 Å². The Labute approximate surface area is 156 Å². The van der Waals surface area contributed by atoms with Gasteiger partial charge in [0, 0.05) is 21.8 Å². The van der Waals surface area contributed by atoms with E-state index in [1.165, 1.54) is 0 Å². The monoisotopic (exact) mass is 403 g/mol. The molecule has 0 aliphatic carbocycles. The molecule has 0 radical (unpaired) electrons. The molecule has 25 heavy (non-hydrogen) atoms. The lowest BCUT2D eigenvalue weighted by atomic mass is 10.1. The number of anilines is 1. The maximum atomic E-state index is 5.44. The second-order valence-electron chi connectivity index (χ2n) is 6.83. The maximum absolute atomic E-state index is 5.44. The number of hydrogen-bond donors (Lipinski definition) is 1. The first kappa shape index (κ1) is 17.6. The van der Waals surface area contributed by atoms with Crippen molar-refractivity contribution >= 4 is 27.4 Å². The zero-order valence-corrected chi connectivity index (χ0v) is 16.6. The molecule has 0 aliphatic heterocycles. The van der Waals surface area contributed by atoms with Gasteiger partial charge in [-0.15, -0.1) is 0 Å². The van der Waals surface area contributed by atoms with Crippen LogP contribution in [-0.4, -0.2) is 29.1 Å². The van der Waals surface area contributed by atoms with E-state index in [1.807, 2.05) is 36.5 Å². The van der Waals surface area contributed by atoms with Crippen molar-refractivity contribution in [2.24, 2.45) is 0 Å². The van der Waals surface area contributed by atoms with Crippen molar-refractivity contribution < 1.29 is 9.47 Å². The van der Waals surface area contributed by atoms with Crippen LogP contribution >= 0.6 is 15.9 Å². The molecule has 132 valence electrons. The molecule has 6 heteroatoms. The number of rotatable bonds is 4. The van der Waals surface area contributed by atoms with Gasteiger partial charge in [-0.05, 0) is 67.0 Å². The largest absolute Gasteiger partial charge is 0.493 e. The molecule has 0 saturated heterocycles. The fraction of sp³-hybridized carbons (Fsp3) is 0.316. The summed E-state index contributed by atoms with van der Waals surface area (Å²) in [5, 5.41) is 3.57. The number of fused-ring (bicyclic) bond motifs is 1. The second kappa shape index (κ2) is 6.59. The van der Waals surface area contributed by atoms with Gasteiger partial charge in [-0.25, -0.2) is 4.98 Å². The van der Waals surface area contributed by atoms with Gasteiger partial charge in [0.25, 0.3) is 0 Å². The van der Waals surface area contributed by atoms with E-state index in [1.54, 1.807) is 14.2 Å². The molecular weight excluding hydrogens is 382 g/mol. The number of benzene rings is 1. The molecular formula is C19H22BrN3O2. The fourth-order valence-electron chi connectivity index (χ4n) is 2.68. The third kappa shape index (κ3) is 3.58. The molecule has 0 saturated carbocycles. The van der Waals surface area contributed by atoms with Gasteiger partial charge in [0.2, 0.25) is 0 Å². The molecule has 0 unspecified atom stereocenters. The molecule has 0 spiro atoms. The quantitative estimate of drug-likeness (QED) is 0.666. The molecule has 0 fully saturated rings. The molecule has 1 N–H and O–H groups in total. The highest BCUT2D eigenvalue weighted by Crippen LogP contribution is 2.36. The third-order valence-electron chi connectivity index (χ3n) is 3.73. The van der Waals surface area contributed by atoms with Crippen LogP contribution < -0.4 is 14.8 Å². The molecule has 3 rings (SSSR count). The minimum atomic E-state index is -0.108. The number of imidazole rings is 1. The van der Waals surface area contributed by atoms with Crippen molar-refractivity contribution in [3.63, 3.8) is 0 Å². The average Bonchev–Trinajstić information content (AvgIpc) is 2.90. The molecule has 0 atom stereocenters. The highest BCUT2D eigenvalue weighted by atomic mass is 79.9. The van der Waals surface area contributed by atoms with Gasteiger partial charge in [-0.2, -0.15) is 0 Å². The Morgan fingerprint density at radius 3 is 2.40 bits per heavy atom. The van der Waals surface area contributed by atoms with E-state index in [0.717, 1.165) is 27.2 Å². The van der Waals surface area contributed by atoms with Crippen molar-refractivity contribution in [1.29, 1.82) is 0 Å². The first-order valence-electron chi connectivity index (χ1n) is 8.00. The number of nitrogens with zero attached hydrogens (tertiary/aromatic N) is 2. The number of nitrogens with one attached hydrogen (secondary N) is 1. The predicted octanol–water partition coefficient (Wildman–Crippen LogP) is 4.99. The Kier molecular flexibility index (Phi) is 4.64. The van der Waals surface area contributed by atoms with E-state index in [-0.39, 0.29) is 5.54 Å². The normalized spacial score (nSPS) is 11.6. The van der Waals surface area contributed by atoms with Crippen LogP contribution in [0.1, 0.15) is 20.8 Å². The van der Waals surface area contributed by atoms with Crippen LogP contribution in [-0.2, 0) is 0 Å². The zero-order valence-electron chi connectivity index (χ0n) is 15.1. The molecule has 0 aliphatic rings. The van der Waals surface area contributed by atoms with Gasteiger partial charge < -0.3 is 14.8 Å². The topological polar surface area (TPSA) is 47.8 Å². The highest BCUT2D eigenvalue weighted by Gasteiger charge is 2.20. The number of hydrogen-bond acceptors (Lipinski definition) is 4. The highest BCUT2D eigenvalue weighted by molar-refractivity contribution is 9.10. The minimum absolute atomic E-state index is 0.108. The van der Waals surface area contributed by atoms with E-state index in [2.05, 4.69) is 46.4 Å². The first-order valence-corrected chi connectivity index (χ1v) is 8.80. The van der Waals surface area contributed by atoms with E-state index in [4.69, 9.17) is 14.5 Å². The average molecular weight is 404 g/mol. The van der Waals surface area contributed by atoms with E-state index in [9.17, 15) is 0 Å². The molecule has 1 aromatic carbocycles. The summed E-state index contributed by atoms with van der Waals surface area (Å²) in [4.78, 5) is 4.82. The Morgan fingerprint density at radius 2 is 1.76 bits per heavy atom. The summed E-state index contributed by atoms with van der Waals surface area (Å²) in [7, 11) is 3.27. The van der Waals surface area contributed by atoms with Gasteiger partial charge in [-0.3, -0.25) is 4.40 Å². The summed E-state index contributed by atoms with van der Waals surface area (Å²) in [6, 6.07) is 9.81. The Bertz CT molecular complexity index is 913. The zero-order chi connectivity index (χ0) is 18.2. The summed E-state index contributed by atoms with van der Waals surface area (Å²) in [5.74, 6) is 2.32. The Balaban J connectivity index is 2.23. The Morgan fingerprint density at radius 1 is 1.04 bits per heavy atom. The first-order chi connectivity index (χ1) is 11.8. The summed E-state index contributed by atoms with van der Waals surface area (Å²) < 4.78 is 13.8. The van der Waals surface area contributed by atoms with Crippen molar-refractivity contribution in [3.05, 3.63) is 41.0 Å². The van der Waals surface area contributed by atoms with Crippen molar-refractivity contribution in [3.8, 4) is 22.8 Å².